The summed E-state index contributed by atoms with van der Waals surface area (Å²) >= 11 is 1.34. The zero-order valence-electron chi connectivity index (χ0n) is 15.2. The number of aromatic nitrogens is 2. The van der Waals surface area contributed by atoms with Gasteiger partial charge in [0.15, 0.2) is 6.10 Å². The van der Waals surface area contributed by atoms with Crippen molar-refractivity contribution in [1.29, 1.82) is 0 Å². The number of methoxy groups -OCH3 is 1. The number of rotatable bonds is 8. The average molecular weight is 383 g/mol. The third-order valence-corrected chi connectivity index (χ3v) is 4.75. The van der Waals surface area contributed by atoms with Crippen molar-refractivity contribution in [1.82, 2.24) is 10.2 Å². The lowest BCUT2D eigenvalue weighted by Gasteiger charge is -2.16. The number of nitrogens with zero attached hydrogens (tertiary/aromatic N) is 2. The van der Waals surface area contributed by atoms with Crippen molar-refractivity contribution in [3.8, 4) is 11.5 Å². The summed E-state index contributed by atoms with van der Waals surface area (Å²) in [5.41, 5.74) is 1.02. The summed E-state index contributed by atoms with van der Waals surface area (Å²) in [7, 11) is 1.64. The number of hydrogen-bond donors (Lipinski definition) is 1. The molecule has 2 aromatic carbocycles. The van der Waals surface area contributed by atoms with Crippen molar-refractivity contribution in [2.75, 3.05) is 12.4 Å². The predicted molar refractivity (Wildman–Crippen MR) is 105 cm³/mol. The zero-order valence-corrected chi connectivity index (χ0v) is 16.0. The monoisotopic (exact) mass is 383 g/mol. The lowest BCUT2D eigenvalue weighted by atomic mass is 10.1. The van der Waals surface area contributed by atoms with Crippen LogP contribution in [-0.2, 0) is 11.2 Å². The molecular formula is C20H21N3O3S. The van der Waals surface area contributed by atoms with Gasteiger partial charge in [-0.15, -0.1) is 10.2 Å². The molecule has 0 aliphatic heterocycles. The molecular weight excluding hydrogens is 362 g/mol. The molecule has 1 unspecified atom stereocenters. The van der Waals surface area contributed by atoms with E-state index < -0.39 is 6.10 Å². The first-order valence-corrected chi connectivity index (χ1v) is 9.48. The molecule has 0 aliphatic carbocycles. The Balaban J connectivity index is 1.63. The van der Waals surface area contributed by atoms with Crippen molar-refractivity contribution in [2.45, 2.75) is 25.9 Å². The van der Waals surface area contributed by atoms with Gasteiger partial charge in [-0.2, -0.15) is 0 Å². The molecule has 7 heteroatoms. The third kappa shape index (κ3) is 5.04. The second-order valence-electron chi connectivity index (χ2n) is 5.81. The van der Waals surface area contributed by atoms with Crippen LogP contribution in [0.25, 0.3) is 0 Å². The van der Waals surface area contributed by atoms with Crippen molar-refractivity contribution < 1.29 is 14.3 Å². The minimum Gasteiger partial charge on any atom is -0.496 e. The number of amides is 1. The lowest BCUT2D eigenvalue weighted by Crippen LogP contribution is -2.32. The van der Waals surface area contributed by atoms with Crippen LogP contribution < -0.4 is 14.8 Å². The minimum atomic E-state index is -0.589. The van der Waals surface area contributed by atoms with Crippen LogP contribution in [0.3, 0.4) is 0 Å². The molecule has 0 bridgehead atoms. The van der Waals surface area contributed by atoms with Gasteiger partial charge in [0.2, 0.25) is 5.13 Å². The lowest BCUT2D eigenvalue weighted by molar-refractivity contribution is -0.122. The smallest absolute Gasteiger partial charge is 0.267 e. The third-order valence-electron chi connectivity index (χ3n) is 3.92. The fourth-order valence-electron chi connectivity index (χ4n) is 2.56. The van der Waals surface area contributed by atoms with Crippen LogP contribution in [0.15, 0.2) is 54.6 Å². The van der Waals surface area contributed by atoms with Crippen molar-refractivity contribution in [2.24, 2.45) is 0 Å². The molecule has 1 N–H and O–H groups in total. The summed E-state index contributed by atoms with van der Waals surface area (Å²) in [6.07, 6.45) is 0.553. The van der Waals surface area contributed by atoms with E-state index in [2.05, 4.69) is 15.5 Å². The molecule has 140 valence electrons. The van der Waals surface area contributed by atoms with Gasteiger partial charge in [0, 0.05) is 12.0 Å². The summed E-state index contributed by atoms with van der Waals surface area (Å²) in [6.45, 7) is 1.90. The first kappa shape index (κ1) is 18.8. The largest absolute Gasteiger partial charge is 0.496 e. The molecule has 1 amide bonds. The second kappa shape index (κ2) is 9.14. The predicted octanol–water partition coefficient (Wildman–Crippen LogP) is 3.93. The SMILES string of the molecule is CCC(Oc1ccccc1)C(=O)Nc1nnc(Cc2ccccc2OC)s1. The number of benzene rings is 2. The summed E-state index contributed by atoms with van der Waals surface area (Å²) in [5.74, 6) is 1.23. The minimum absolute atomic E-state index is 0.235. The molecule has 3 aromatic rings. The number of ether oxygens (including phenoxy) is 2. The number of para-hydroxylation sites is 2. The van der Waals surface area contributed by atoms with E-state index in [1.807, 2.05) is 61.5 Å². The van der Waals surface area contributed by atoms with Gasteiger partial charge in [0.05, 0.1) is 7.11 Å². The van der Waals surface area contributed by atoms with Gasteiger partial charge in [-0.05, 0) is 24.6 Å². The van der Waals surface area contributed by atoms with Gasteiger partial charge < -0.3 is 9.47 Å². The molecule has 3 rings (SSSR count). The van der Waals surface area contributed by atoms with E-state index in [0.29, 0.717) is 23.7 Å². The van der Waals surface area contributed by atoms with Gasteiger partial charge in [-0.1, -0.05) is 54.7 Å². The highest BCUT2D eigenvalue weighted by Gasteiger charge is 2.20. The van der Waals surface area contributed by atoms with Crippen LogP contribution in [0.5, 0.6) is 11.5 Å². The number of carbonyl (C=O) groups is 1. The van der Waals surface area contributed by atoms with E-state index in [9.17, 15) is 4.79 Å². The van der Waals surface area contributed by atoms with E-state index in [1.54, 1.807) is 7.11 Å². The Morgan fingerprint density at radius 1 is 1.11 bits per heavy atom. The number of nitrogens with one attached hydrogen (secondary N) is 1. The summed E-state index contributed by atoms with van der Waals surface area (Å²) in [5, 5.41) is 12.3. The highest BCUT2D eigenvalue weighted by atomic mass is 32.1. The van der Waals surface area contributed by atoms with Crippen LogP contribution in [0.1, 0.15) is 23.9 Å². The number of anilines is 1. The zero-order chi connectivity index (χ0) is 19.1. The Morgan fingerprint density at radius 3 is 2.59 bits per heavy atom. The van der Waals surface area contributed by atoms with Crippen LogP contribution in [0, 0.1) is 0 Å². The molecule has 27 heavy (non-hydrogen) atoms. The molecule has 0 fully saturated rings. The number of carbonyl (C=O) groups excluding carboxylic acids is 1. The Bertz CT molecular complexity index is 883. The fourth-order valence-corrected chi connectivity index (χ4v) is 3.32. The van der Waals surface area contributed by atoms with Crippen molar-refractivity contribution in [3.05, 3.63) is 65.2 Å². The van der Waals surface area contributed by atoms with E-state index in [-0.39, 0.29) is 5.91 Å². The Kier molecular flexibility index (Phi) is 6.38. The van der Waals surface area contributed by atoms with Gasteiger partial charge in [0.25, 0.3) is 5.91 Å². The maximum atomic E-state index is 12.5. The molecule has 0 aliphatic rings. The number of hydrogen-bond acceptors (Lipinski definition) is 6. The van der Waals surface area contributed by atoms with Crippen LogP contribution in [0.2, 0.25) is 0 Å². The highest BCUT2D eigenvalue weighted by Crippen LogP contribution is 2.24. The maximum absolute atomic E-state index is 12.5. The van der Waals surface area contributed by atoms with Gasteiger partial charge >= 0.3 is 0 Å². The highest BCUT2D eigenvalue weighted by molar-refractivity contribution is 7.15. The molecule has 1 aromatic heterocycles. The van der Waals surface area contributed by atoms with Crippen molar-refractivity contribution in [3.63, 3.8) is 0 Å². The van der Waals surface area contributed by atoms with Gasteiger partial charge in [-0.25, -0.2) is 0 Å². The van der Waals surface area contributed by atoms with E-state index in [0.717, 1.165) is 16.3 Å². The summed E-state index contributed by atoms with van der Waals surface area (Å²) < 4.78 is 11.1. The first-order chi connectivity index (χ1) is 13.2. The van der Waals surface area contributed by atoms with Gasteiger partial charge in [0.1, 0.15) is 16.5 Å². The quantitative estimate of drug-likeness (QED) is 0.638. The van der Waals surface area contributed by atoms with Crippen LogP contribution in [0.4, 0.5) is 5.13 Å². The molecule has 0 saturated carbocycles. The molecule has 1 heterocycles. The first-order valence-electron chi connectivity index (χ1n) is 8.66. The summed E-state index contributed by atoms with van der Waals surface area (Å²) in [6, 6.07) is 17.1. The van der Waals surface area contributed by atoms with Crippen molar-refractivity contribution >= 4 is 22.4 Å². The topological polar surface area (TPSA) is 73.3 Å². The van der Waals surface area contributed by atoms with Crippen LogP contribution in [-0.4, -0.2) is 29.3 Å². The van der Waals surface area contributed by atoms with Gasteiger partial charge in [-0.3, -0.25) is 10.1 Å². The molecule has 0 radical (unpaired) electrons. The second-order valence-corrected chi connectivity index (χ2v) is 6.87. The van der Waals surface area contributed by atoms with E-state index in [1.165, 1.54) is 11.3 Å². The standard InChI is InChI=1S/C20H21N3O3S/c1-3-16(26-15-10-5-4-6-11-15)19(24)21-20-23-22-18(27-20)13-14-9-7-8-12-17(14)25-2/h4-12,16H,3,13H2,1-2H3,(H,21,23,24). The Hall–Kier alpha value is -2.93. The van der Waals surface area contributed by atoms with Crippen LogP contribution >= 0.6 is 11.3 Å². The molecule has 0 saturated heterocycles. The Labute approximate surface area is 162 Å². The normalized spacial score (nSPS) is 11.6. The molecule has 1 atom stereocenters. The summed E-state index contributed by atoms with van der Waals surface area (Å²) in [4.78, 5) is 12.5. The molecule has 6 nitrogen and oxygen atoms in total. The molecule has 0 spiro atoms. The maximum Gasteiger partial charge on any atom is 0.267 e. The van der Waals surface area contributed by atoms with E-state index in [4.69, 9.17) is 9.47 Å². The Morgan fingerprint density at radius 2 is 1.85 bits per heavy atom. The van der Waals surface area contributed by atoms with E-state index >= 15 is 0 Å². The fraction of sp³-hybridized carbons (Fsp3) is 0.250. The average Bonchev–Trinajstić information content (AvgIpc) is 3.14.